The van der Waals surface area contributed by atoms with Crippen LogP contribution in [0.4, 0.5) is 17.1 Å². The summed E-state index contributed by atoms with van der Waals surface area (Å²) in [5, 5.41) is 7.91. The third kappa shape index (κ3) is 7.21. The van der Waals surface area contributed by atoms with Crippen LogP contribution in [0.2, 0.25) is 10.0 Å². The Labute approximate surface area is 279 Å². The van der Waals surface area contributed by atoms with Crippen LogP contribution in [0.25, 0.3) is 0 Å². The lowest BCUT2D eigenvalue weighted by Crippen LogP contribution is -2.48. The molecule has 0 unspecified atom stereocenters. The number of amidine groups is 1. The Morgan fingerprint density at radius 1 is 1.05 bits per heavy atom. The van der Waals surface area contributed by atoms with Gasteiger partial charge >= 0.3 is 0 Å². The van der Waals surface area contributed by atoms with Gasteiger partial charge in [0.1, 0.15) is 20.4 Å². The van der Waals surface area contributed by atoms with E-state index in [2.05, 4.69) is 55.1 Å². The summed E-state index contributed by atoms with van der Waals surface area (Å²) in [5.74, 6) is 0.631. The number of carbonyl (C=O) groups excluding carboxylic acids is 2. The normalized spacial score (nSPS) is 13.9. The van der Waals surface area contributed by atoms with Gasteiger partial charge in [0.2, 0.25) is 5.91 Å². The number of benzene rings is 2. The quantitative estimate of drug-likeness (QED) is 0.180. The largest absolute Gasteiger partial charge is 0.494 e. The first kappa shape index (κ1) is 33.7. The van der Waals surface area contributed by atoms with Crippen LogP contribution in [0.15, 0.2) is 44.1 Å². The fourth-order valence-electron chi connectivity index (χ4n) is 4.76. The number of thiophene rings is 1. The number of hydrogen-bond acceptors (Lipinski definition) is 8. The van der Waals surface area contributed by atoms with E-state index >= 15 is 0 Å². The highest BCUT2D eigenvalue weighted by Crippen LogP contribution is 2.50. The molecular weight excluding hydrogens is 691 g/mol. The van der Waals surface area contributed by atoms with Crippen LogP contribution in [0.5, 0.6) is 11.5 Å². The number of ether oxygens (including phenoxy) is 2. The summed E-state index contributed by atoms with van der Waals surface area (Å²) in [4.78, 5) is 39.7. The van der Waals surface area contributed by atoms with Crippen molar-refractivity contribution in [3.05, 3.63) is 60.2 Å². The van der Waals surface area contributed by atoms with Crippen LogP contribution in [-0.4, -0.2) is 88.2 Å². The Kier molecular flexibility index (Phi) is 11.7. The molecule has 1 fully saturated rings. The highest BCUT2D eigenvalue weighted by molar-refractivity contribution is 9.10. The van der Waals surface area contributed by atoms with Gasteiger partial charge in [0.05, 0.1) is 42.5 Å². The van der Waals surface area contributed by atoms with Crippen molar-refractivity contribution in [2.24, 2.45) is 9.98 Å². The minimum Gasteiger partial charge on any atom is -0.494 e. The molecule has 4 rings (SSSR count). The molecular formula is C30H33BrCl2N6O4S. The van der Waals surface area contributed by atoms with Crippen molar-refractivity contribution in [3.63, 3.8) is 0 Å². The summed E-state index contributed by atoms with van der Waals surface area (Å²) in [7, 11) is 4.52. The zero-order valence-corrected chi connectivity index (χ0v) is 28.7. The average Bonchev–Trinajstić information content (AvgIpc) is 3.47. The Morgan fingerprint density at radius 2 is 1.66 bits per heavy atom. The number of anilines is 2. The number of methoxy groups -OCH3 is 2. The molecule has 14 heteroatoms. The Morgan fingerprint density at radius 3 is 2.18 bits per heavy atom. The standard InChI is InChI=1S/C30H33BrCl2N6O4S/c1-6-38-11-13-39(14-12-38)20(40)15-17-7-9-18(10-8-17)36-29(35-3)28-24(34-2)19(16-44-28)30(41)37-25-22(32)26(42-4)21(31)27(43-5)23(25)33/h7-10,16H,2,6,11-15H2,1,3-5H3,(H,35,36)(H,37,41). The summed E-state index contributed by atoms with van der Waals surface area (Å²) in [6.45, 7) is 10.2. The van der Waals surface area contributed by atoms with Gasteiger partial charge in [-0.15, -0.1) is 11.3 Å². The topological polar surface area (TPSA) is 108 Å². The molecule has 234 valence electrons. The van der Waals surface area contributed by atoms with E-state index in [9.17, 15) is 9.59 Å². The van der Waals surface area contributed by atoms with Gasteiger partial charge in [-0.05, 0) is 46.9 Å². The fraction of sp³-hybridized carbons (Fsp3) is 0.333. The lowest BCUT2D eigenvalue weighted by Gasteiger charge is -2.34. The second-order valence-electron chi connectivity index (χ2n) is 9.71. The number of nitrogens with one attached hydrogen (secondary N) is 2. The van der Waals surface area contributed by atoms with Crippen molar-refractivity contribution in [2.75, 3.05) is 64.6 Å². The molecule has 0 saturated carbocycles. The number of rotatable bonds is 10. The van der Waals surface area contributed by atoms with E-state index in [4.69, 9.17) is 32.7 Å². The maximum Gasteiger partial charge on any atom is 0.258 e. The van der Waals surface area contributed by atoms with Crippen molar-refractivity contribution in [1.82, 2.24) is 9.80 Å². The van der Waals surface area contributed by atoms with Gasteiger partial charge in [-0.3, -0.25) is 19.6 Å². The van der Waals surface area contributed by atoms with Gasteiger partial charge in [0.25, 0.3) is 5.91 Å². The van der Waals surface area contributed by atoms with Gasteiger partial charge in [0.15, 0.2) is 11.5 Å². The van der Waals surface area contributed by atoms with Crippen LogP contribution in [0, 0.1) is 0 Å². The summed E-state index contributed by atoms with van der Waals surface area (Å²) >= 11 is 17.7. The van der Waals surface area contributed by atoms with Gasteiger partial charge in [-0.2, -0.15) is 0 Å². The maximum absolute atomic E-state index is 13.4. The Balaban J connectivity index is 1.48. The van der Waals surface area contributed by atoms with Crippen molar-refractivity contribution in [1.29, 1.82) is 0 Å². The summed E-state index contributed by atoms with van der Waals surface area (Å²) < 4.78 is 11.2. The molecule has 1 saturated heterocycles. The number of piperazine rings is 1. The molecule has 0 aliphatic carbocycles. The SMILES string of the molecule is C=Nc1c(C(=O)Nc2c(Cl)c(OC)c(Br)c(OC)c2Cl)csc1/C(=N\C)Nc1ccc(CC(=O)N2CCN(CC)CC2)cc1. The van der Waals surface area contributed by atoms with Crippen LogP contribution < -0.4 is 20.1 Å². The summed E-state index contributed by atoms with van der Waals surface area (Å²) in [6, 6.07) is 7.63. The molecule has 2 amide bonds. The molecule has 0 spiro atoms. The van der Waals surface area contributed by atoms with E-state index in [1.165, 1.54) is 25.6 Å². The van der Waals surface area contributed by atoms with Crippen LogP contribution in [-0.2, 0) is 11.2 Å². The molecule has 10 nitrogen and oxygen atoms in total. The predicted molar refractivity (Wildman–Crippen MR) is 184 cm³/mol. The third-order valence-electron chi connectivity index (χ3n) is 7.23. The van der Waals surface area contributed by atoms with Crippen LogP contribution in [0.1, 0.15) is 27.7 Å². The zero-order chi connectivity index (χ0) is 32.0. The van der Waals surface area contributed by atoms with Gasteiger partial charge in [-0.1, -0.05) is 42.3 Å². The zero-order valence-electron chi connectivity index (χ0n) is 24.8. The monoisotopic (exact) mass is 722 g/mol. The number of carbonyl (C=O) groups is 2. The van der Waals surface area contributed by atoms with Gasteiger partial charge < -0.3 is 29.9 Å². The van der Waals surface area contributed by atoms with Crippen molar-refractivity contribution < 1.29 is 19.1 Å². The van der Waals surface area contributed by atoms with Crippen molar-refractivity contribution in [2.45, 2.75) is 13.3 Å². The van der Waals surface area contributed by atoms with Crippen LogP contribution >= 0.6 is 50.5 Å². The predicted octanol–water partition coefficient (Wildman–Crippen LogP) is 6.61. The third-order valence-corrected chi connectivity index (χ3v) is 9.65. The lowest BCUT2D eigenvalue weighted by atomic mass is 10.1. The number of nitrogens with zero attached hydrogens (tertiary/aromatic N) is 4. The minimum absolute atomic E-state index is 0.101. The van der Waals surface area contributed by atoms with Crippen molar-refractivity contribution in [3.8, 4) is 11.5 Å². The fourth-order valence-corrected chi connectivity index (χ4v) is 7.38. The van der Waals surface area contributed by atoms with E-state index < -0.39 is 5.91 Å². The Bertz CT molecular complexity index is 1540. The van der Waals surface area contributed by atoms with Gasteiger partial charge in [0, 0.05) is 44.3 Å². The highest BCUT2D eigenvalue weighted by atomic mass is 79.9. The first-order valence-corrected chi connectivity index (χ1v) is 16.1. The molecule has 1 aliphatic rings. The smallest absolute Gasteiger partial charge is 0.258 e. The molecule has 3 aromatic rings. The van der Waals surface area contributed by atoms with E-state index in [1.807, 2.05) is 29.2 Å². The molecule has 1 aromatic heterocycles. The second-order valence-corrected chi connectivity index (χ2v) is 12.1. The molecule has 0 radical (unpaired) electrons. The maximum atomic E-state index is 13.4. The first-order valence-electron chi connectivity index (χ1n) is 13.7. The van der Waals surface area contributed by atoms with Crippen LogP contribution in [0.3, 0.4) is 0 Å². The highest BCUT2D eigenvalue weighted by Gasteiger charge is 2.27. The Hall–Kier alpha value is -3.16. The lowest BCUT2D eigenvalue weighted by molar-refractivity contribution is -0.132. The molecule has 2 heterocycles. The second kappa shape index (κ2) is 15.2. The molecule has 2 aromatic carbocycles. The van der Waals surface area contributed by atoms with E-state index in [0.29, 0.717) is 27.3 Å². The first-order chi connectivity index (χ1) is 21.2. The number of amides is 2. The average molecular weight is 725 g/mol. The van der Waals surface area contributed by atoms with E-state index in [-0.39, 0.29) is 38.7 Å². The minimum atomic E-state index is -0.509. The summed E-state index contributed by atoms with van der Waals surface area (Å²) in [6.07, 6.45) is 0.346. The van der Waals surface area contributed by atoms with E-state index in [0.717, 1.165) is 44.0 Å². The summed E-state index contributed by atoms with van der Waals surface area (Å²) in [5.41, 5.74) is 2.41. The number of halogens is 3. The molecule has 0 atom stereocenters. The number of likely N-dealkylation sites (N-methyl/N-ethyl adjacent to an activating group) is 1. The number of aliphatic imine (C=N–C) groups is 2. The number of hydrogen-bond donors (Lipinski definition) is 2. The molecule has 2 N–H and O–H groups in total. The molecule has 44 heavy (non-hydrogen) atoms. The molecule has 1 aliphatic heterocycles. The molecule has 0 bridgehead atoms. The van der Waals surface area contributed by atoms with E-state index in [1.54, 1.807) is 12.4 Å². The van der Waals surface area contributed by atoms with Crippen molar-refractivity contribution >= 4 is 91.9 Å². The van der Waals surface area contributed by atoms with Gasteiger partial charge in [-0.25, -0.2) is 0 Å².